The Labute approximate surface area is 163 Å². The van der Waals surface area contributed by atoms with Crippen LogP contribution < -0.4 is 20.7 Å². The molecule has 2 aromatic rings. The molecule has 2 aromatic carbocycles. The lowest BCUT2D eigenvalue weighted by atomic mass is 10.2. The summed E-state index contributed by atoms with van der Waals surface area (Å²) in [6.07, 6.45) is 3.15. The highest BCUT2D eigenvalue weighted by Crippen LogP contribution is 2.16. The number of carbonyl (C=O) groups excluding carboxylic acids is 1. The Morgan fingerprint density at radius 2 is 1.65 bits per heavy atom. The second kappa shape index (κ2) is 10.7. The van der Waals surface area contributed by atoms with E-state index in [1.807, 2.05) is 23.9 Å². The zero-order valence-electron chi connectivity index (χ0n) is 14.9. The van der Waals surface area contributed by atoms with Crippen molar-refractivity contribution < 1.29 is 9.53 Å². The van der Waals surface area contributed by atoms with Gasteiger partial charge in [-0.1, -0.05) is 0 Å². The third-order valence-corrected chi connectivity index (χ3v) is 4.51. The fraction of sp³-hybridized carbons (Fsp3) is 0.263. The zero-order chi connectivity index (χ0) is 18.8. The van der Waals surface area contributed by atoms with Gasteiger partial charge >= 0.3 is 0 Å². The molecule has 0 atom stereocenters. The van der Waals surface area contributed by atoms with Crippen molar-refractivity contribution in [3.63, 3.8) is 0 Å². The number of ether oxygens (including phenoxy) is 1. The molecule has 0 radical (unpaired) electrons. The number of thioether (sulfide) groups is 1. The second-order valence-electron chi connectivity index (χ2n) is 5.49. The molecule has 138 valence electrons. The van der Waals surface area contributed by atoms with E-state index in [2.05, 4.69) is 22.2 Å². The third-order valence-electron chi connectivity index (χ3n) is 3.56. The number of hydrogen-bond acceptors (Lipinski definition) is 4. The number of anilines is 2. The number of benzene rings is 2. The molecule has 0 bridgehead atoms. The standard InChI is InChI=1S/C19H23N3O2S2/c1-24-17-10-8-15(9-11-17)21-18(23)14-4-6-16(7-5-14)22-19(25)20-12-3-13-26-2/h4-11H,3,12-13H2,1-2H3,(H,21,23)(H2,20,22,25). The predicted molar refractivity (Wildman–Crippen MR) is 115 cm³/mol. The number of methoxy groups -OCH3 is 1. The van der Waals surface area contributed by atoms with E-state index >= 15 is 0 Å². The minimum atomic E-state index is -0.167. The Balaban J connectivity index is 1.85. The highest BCUT2D eigenvalue weighted by atomic mass is 32.2. The SMILES string of the molecule is COc1ccc(NC(=O)c2ccc(NC(=S)NCCCSC)cc2)cc1. The van der Waals surface area contributed by atoms with Crippen LogP contribution in [-0.2, 0) is 0 Å². The first-order valence-corrected chi connectivity index (χ1v) is 10.0. The predicted octanol–water partition coefficient (Wildman–Crippen LogP) is 3.99. The summed E-state index contributed by atoms with van der Waals surface area (Å²) in [6.45, 7) is 0.842. The van der Waals surface area contributed by atoms with Crippen LogP contribution in [0.4, 0.5) is 11.4 Å². The molecule has 3 N–H and O–H groups in total. The molecule has 0 saturated heterocycles. The lowest BCUT2D eigenvalue weighted by molar-refractivity contribution is 0.102. The molecule has 0 fully saturated rings. The van der Waals surface area contributed by atoms with Gasteiger partial charge in [0.15, 0.2) is 5.11 Å². The van der Waals surface area contributed by atoms with Crippen molar-refractivity contribution in [1.29, 1.82) is 0 Å². The van der Waals surface area contributed by atoms with Crippen LogP contribution in [0, 0.1) is 0 Å². The van der Waals surface area contributed by atoms with E-state index in [1.165, 1.54) is 0 Å². The van der Waals surface area contributed by atoms with Crippen LogP contribution in [0.1, 0.15) is 16.8 Å². The first-order valence-electron chi connectivity index (χ1n) is 8.21. The number of carbonyl (C=O) groups is 1. The van der Waals surface area contributed by atoms with Crippen LogP contribution in [0.2, 0.25) is 0 Å². The van der Waals surface area contributed by atoms with Crippen molar-refractivity contribution in [1.82, 2.24) is 5.32 Å². The first kappa shape index (κ1) is 20.1. The molecule has 0 heterocycles. The molecule has 0 spiro atoms. The number of rotatable bonds is 8. The van der Waals surface area contributed by atoms with Gasteiger partial charge < -0.3 is 20.7 Å². The van der Waals surface area contributed by atoms with Crippen molar-refractivity contribution in [3.05, 3.63) is 54.1 Å². The molecular formula is C19H23N3O2S2. The van der Waals surface area contributed by atoms with Gasteiger partial charge in [0.05, 0.1) is 7.11 Å². The summed E-state index contributed by atoms with van der Waals surface area (Å²) < 4.78 is 5.10. The van der Waals surface area contributed by atoms with Gasteiger partial charge in [-0.25, -0.2) is 0 Å². The minimum Gasteiger partial charge on any atom is -0.497 e. The number of amides is 1. The van der Waals surface area contributed by atoms with Crippen LogP contribution >= 0.6 is 24.0 Å². The van der Waals surface area contributed by atoms with Crippen LogP contribution in [0.3, 0.4) is 0 Å². The Kier molecular flexibility index (Phi) is 8.24. The monoisotopic (exact) mass is 389 g/mol. The van der Waals surface area contributed by atoms with E-state index < -0.39 is 0 Å². The summed E-state index contributed by atoms with van der Waals surface area (Å²) in [5, 5.41) is 9.72. The highest BCUT2D eigenvalue weighted by Gasteiger charge is 2.06. The van der Waals surface area contributed by atoms with E-state index in [0.29, 0.717) is 16.4 Å². The second-order valence-corrected chi connectivity index (χ2v) is 6.88. The lowest BCUT2D eigenvalue weighted by Crippen LogP contribution is -2.29. The van der Waals surface area contributed by atoms with E-state index in [-0.39, 0.29) is 5.91 Å². The Hall–Kier alpha value is -2.25. The molecule has 0 saturated carbocycles. The van der Waals surface area contributed by atoms with Gasteiger partial charge in [-0.05, 0) is 79.2 Å². The molecular weight excluding hydrogens is 366 g/mol. The third kappa shape index (κ3) is 6.57. The molecule has 2 rings (SSSR count). The molecule has 7 heteroatoms. The molecule has 5 nitrogen and oxygen atoms in total. The Morgan fingerprint density at radius 3 is 2.27 bits per heavy atom. The van der Waals surface area contributed by atoms with Crippen molar-refractivity contribution in [2.24, 2.45) is 0 Å². The smallest absolute Gasteiger partial charge is 0.255 e. The van der Waals surface area contributed by atoms with Crippen LogP contribution in [-0.4, -0.2) is 36.7 Å². The number of nitrogens with one attached hydrogen (secondary N) is 3. The molecule has 26 heavy (non-hydrogen) atoms. The van der Waals surface area contributed by atoms with E-state index in [1.54, 1.807) is 43.5 Å². The van der Waals surface area contributed by atoms with Gasteiger partial charge in [0, 0.05) is 23.5 Å². The van der Waals surface area contributed by atoms with Gasteiger partial charge in [0.1, 0.15) is 5.75 Å². The molecule has 0 aliphatic carbocycles. The van der Waals surface area contributed by atoms with Gasteiger partial charge in [-0.3, -0.25) is 4.79 Å². The summed E-state index contributed by atoms with van der Waals surface area (Å²) >= 11 is 7.07. The summed E-state index contributed by atoms with van der Waals surface area (Å²) in [5.41, 5.74) is 2.13. The van der Waals surface area contributed by atoms with E-state index in [9.17, 15) is 4.79 Å². The largest absolute Gasteiger partial charge is 0.497 e. The van der Waals surface area contributed by atoms with E-state index in [4.69, 9.17) is 17.0 Å². The summed E-state index contributed by atoms with van der Waals surface area (Å²) in [5.74, 6) is 1.68. The molecule has 0 unspecified atom stereocenters. The van der Waals surface area contributed by atoms with Crippen molar-refractivity contribution in [2.45, 2.75) is 6.42 Å². The number of hydrogen-bond donors (Lipinski definition) is 3. The van der Waals surface area contributed by atoms with Crippen LogP contribution in [0.5, 0.6) is 5.75 Å². The van der Waals surface area contributed by atoms with Crippen molar-refractivity contribution >= 4 is 46.4 Å². The Bertz CT molecular complexity index is 719. The maximum absolute atomic E-state index is 12.3. The maximum atomic E-state index is 12.3. The van der Waals surface area contributed by atoms with Crippen LogP contribution in [0.25, 0.3) is 0 Å². The minimum absolute atomic E-state index is 0.167. The zero-order valence-corrected chi connectivity index (χ0v) is 16.5. The summed E-state index contributed by atoms with van der Waals surface area (Å²) in [7, 11) is 1.61. The highest BCUT2D eigenvalue weighted by molar-refractivity contribution is 7.98. The average Bonchev–Trinajstić information content (AvgIpc) is 2.66. The normalized spacial score (nSPS) is 10.1. The summed E-state index contributed by atoms with van der Waals surface area (Å²) in [6, 6.07) is 14.4. The fourth-order valence-electron chi connectivity index (χ4n) is 2.18. The Morgan fingerprint density at radius 1 is 1.04 bits per heavy atom. The average molecular weight is 390 g/mol. The molecule has 0 aliphatic heterocycles. The van der Waals surface area contributed by atoms with E-state index in [0.717, 1.165) is 30.2 Å². The van der Waals surface area contributed by atoms with Gasteiger partial charge in [0.25, 0.3) is 5.91 Å². The molecule has 1 amide bonds. The quantitative estimate of drug-likeness (QED) is 0.469. The lowest BCUT2D eigenvalue weighted by Gasteiger charge is -2.11. The van der Waals surface area contributed by atoms with Crippen molar-refractivity contribution in [2.75, 3.05) is 36.3 Å². The van der Waals surface area contributed by atoms with Crippen molar-refractivity contribution in [3.8, 4) is 5.75 Å². The number of thiocarbonyl (C=S) groups is 1. The van der Waals surface area contributed by atoms with Crippen LogP contribution in [0.15, 0.2) is 48.5 Å². The first-order chi connectivity index (χ1) is 12.6. The summed E-state index contributed by atoms with van der Waals surface area (Å²) in [4.78, 5) is 12.3. The fourth-order valence-corrected chi connectivity index (χ4v) is 2.83. The topological polar surface area (TPSA) is 62.4 Å². The van der Waals surface area contributed by atoms with Gasteiger partial charge in [-0.2, -0.15) is 11.8 Å². The molecule has 0 aromatic heterocycles. The molecule has 0 aliphatic rings. The van der Waals surface area contributed by atoms with Gasteiger partial charge in [0.2, 0.25) is 0 Å². The maximum Gasteiger partial charge on any atom is 0.255 e. The van der Waals surface area contributed by atoms with Gasteiger partial charge in [-0.15, -0.1) is 0 Å².